The summed E-state index contributed by atoms with van der Waals surface area (Å²) in [4.78, 5) is 0. The smallest absolute Gasteiger partial charge is 0.211 e. The van der Waals surface area contributed by atoms with Gasteiger partial charge in [0.2, 0.25) is 10.9 Å². The van der Waals surface area contributed by atoms with Crippen molar-refractivity contribution in [3.8, 4) is 0 Å². The summed E-state index contributed by atoms with van der Waals surface area (Å²) in [6, 6.07) is 16.5. The summed E-state index contributed by atoms with van der Waals surface area (Å²) in [6.07, 6.45) is 0. The minimum absolute atomic E-state index is 0.0508. The van der Waals surface area contributed by atoms with E-state index < -0.39 is 0 Å². The Balaban J connectivity index is 2.24. The summed E-state index contributed by atoms with van der Waals surface area (Å²) < 4.78 is 0. The van der Waals surface area contributed by atoms with Crippen molar-refractivity contribution in [2.45, 2.75) is 0 Å². The van der Waals surface area contributed by atoms with Crippen LogP contribution in [0.25, 0.3) is 0 Å². The van der Waals surface area contributed by atoms with Gasteiger partial charge in [-0.25, -0.2) is 0 Å². The summed E-state index contributed by atoms with van der Waals surface area (Å²) in [7, 11) is 0. The van der Waals surface area contributed by atoms with E-state index in [2.05, 4.69) is 33.0 Å². The van der Waals surface area contributed by atoms with E-state index in [4.69, 9.17) is 17.3 Å². The van der Waals surface area contributed by atoms with E-state index in [1.54, 1.807) is 24.3 Å². The molecule has 3 N–H and O–H groups in total. The van der Waals surface area contributed by atoms with Crippen LogP contribution in [0.3, 0.4) is 0 Å². The van der Waals surface area contributed by atoms with E-state index >= 15 is 0 Å². The number of anilines is 1. The van der Waals surface area contributed by atoms with Crippen LogP contribution in [0, 0.1) is 0 Å². The van der Waals surface area contributed by atoms with Crippen LogP contribution in [0.4, 0.5) is 5.69 Å². The van der Waals surface area contributed by atoms with Crippen LogP contribution in [0.5, 0.6) is 0 Å². The Kier molecular flexibility index (Phi) is 5.36. The standard InChI is InChI=1S/C14H12ClN5S/c15-11-6-8-12(9-7-11)17-18-13(19-20-14(16)21)10-4-2-1-3-5-10/h1-9,17H,(H2,16,21)/b18-13+,20-19?. The minimum Gasteiger partial charge on any atom is -0.373 e. The number of amidine groups is 1. The van der Waals surface area contributed by atoms with Gasteiger partial charge >= 0.3 is 0 Å². The lowest BCUT2D eigenvalue weighted by Gasteiger charge is -2.03. The van der Waals surface area contributed by atoms with Crippen molar-refractivity contribution in [2.24, 2.45) is 21.1 Å². The molecule has 2 rings (SSSR count). The van der Waals surface area contributed by atoms with Crippen LogP contribution in [-0.4, -0.2) is 10.9 Å². The molecule has 0 atom stereocenters. The van der Waals surface area contributed by atoms with Crippen molar-refractivity contribution < 1.29 is 0 Å². The molecular formula is C14H12ClN5S. The maximum atomic E-state index is 5.83. The number of nitrogens with one attached hydrogen (secondary N) is 1. The summed E-state index contributed by atoms with van der Waals surface area (Å²) in [5, 5.41) is 12.4. The van der Waals surface area contributed by atoms with Gasteiger partial charge in [-0.05, 0) is 36.5 Å². The normalized spacial score (nSPS) is 11.6. The lowest BCUT2D eigenvalue weighted by atomic mass is 10.2. The first-order valence-corrected chi connectivity index (χ1v) is 6.79. The number of halogens is 1. The predicted octanol–water partition coefficient (Wildman–Crippen LogP) is 3.81. The molecule has 0 fully saturated rings. The first kappa shape index (κ1) is 15.1. The van der Waals surface area contributed by atoms with Gasteiger partial charge in [0.1, 0.15) is 0 Å². The zero-order valence-corrected chi connectivity index (χ0v) is 12.5. The number of hydrogen-bond donors (Lipinski definition) is 2. The van der Waals surface area contributed by atoms with Gasteiger partial charge in [0.05, 0.1) is 5.69 Å². The molecule has 0 aliphatic rings. The molecular weight excluding hydrogens is 306 g/mol. The van der Waals surface area contributed by atoms with Gasteiger partial charge < -0.3 is 5.73 Å². The molecule has 0 bridgehead atoms. The van der Waals surface area contributed by atoms with Crippen LogP contribution in [0.2, 0.25) is 5.02 Å². The van der Waals surface area contributed by atoms with E-state index in [9.17, 15) is 0 Å². The molecule has 0 unspecified atom stereocenters. The molecule has 0 saturated carbocycles. The Bertz CT molecular complexity index is 668. The molecule has 2 aromatic carbocycles. The third kappa shape index (κ3) is 4.94. The number of thiocarbonyl (C=S) groups is 1. The van der Waals surface area contributed by atoms with E-state index in [-0.39, 0.29) is 5.11 Å². The average molecular weight is 318 g/mol. The van der Waals surface area contributed by atoms with Gasteiger partial charge in [0.15, 0.2) is 0 Å². The summed E-state index contributed by atoms with van der Waals surface area (Å²) in [5.41, 5.74) is 9.78. The van der Waals surface area contributed by atoms with Gasteiger partial charge in [0, 0.05) is 10.6 Å². The number of hydrazone groups is 1. The maximum Gasteiger partial charge on any atom is 0.211 e. The number of benzene rings is 2. The molecule has 0 aliphatic heterocycles. The Hall–Kier alpha value is -2.31. The third-order valence-electron chi connectivity index (χ3n) is 2.41. The SMILES string of the molecule is NC(=S)N=N/C(=N/Nc1ccc(Cl)cc1)c1ccccc1. The van der Waals surface area contributed by atoms with Crippen molar-refractivity contribution >= 4 is 40.5 Å². The van der Waals surface area contributed by atoms with E-state index in [0.717, 1.165) is 11.3 Å². The minimum atomic E-state index is -0.0508. The van der Waals surface area contributed by atoms with Crippen molar-refractivity contribution in [1.82, 2.24) is 0 Å². The lowest BCUT2D eigenvalue weighted by Crippen LogP contribution is -2.06. The monoisotopic (exact) mass is 317 g/mol. The largest absolute Gasteiger partial charge is 0.373 e. The van der Waals surface area contributed by atoms with Gasteiger partial charge in [-0.3, -0.25) is 5.43 Å². The van der Waals surface area contributed by atoms with E-state index in [1.165, 1.54) is 0 Å². The fourth-order valence-electron chi connectivity index (χ4n) is 1.47. The molecule has 0 aromatic heterocycles. The highest BCUT2D eigenvalue weighted by Crippen LogP contribution is 2.14. The molecule has 2 aromatic rings. The summed E-state index contributed by atoms with van der Waals surface area (Å²) in [6.45, 7) is 0. The van der Waals surface area contributed by atoms with Crippen LogP contribution >= 0.6 is 23.8 Å². The highest BCUT2D eigenvalue weighted by atomic mass is 35.5. The van der Waals surface area contributed by atoms with Crippen LogP contribution < -0.4 is 11.2 Å². The van der Waals surface area contributed by atoms with Crippen LogP contribution in [0.1, 0.15) is 5.56 Å². The second kappa shape index (κ2) is 7.47. The molecule has 0 radical (unpaired) electrons. The zero-order chi connectivity index (χ0) is 15.1. The maximum absolute atomic E-state index is 5.83. The number of hydrogen-bond acceptors (Lipinski definition) is 3. The molecule has 0 amide bonds. The Morgan fingerprint density at radius 1 is 1.00 bits per heavy atom. The Labute approximate surface area is 132 Å². The van der Waals surface area contributed by atoms with Gasteiger partial charge in [-0.2, -0.15) is 5.10 Å². The fraction of sp³-hybridized carbons (Fsp3) is 0. The van der Waals surface area contributed by atoms with E-state index in [1.807, 2.05) is 30.3 Å². The number of nitrogens with zero attached hydrogens (tertiary/aromatic N) is 3. The zero-order valence-electron chi connectivity index (χ0n) is 10.9. The molecule has 5 nitrogen and oxygen atoms in total. The molecule has 0 spiro atoms. The average Bonchev–Trinajstić information content (AvgIpc) is 2.50. The molecule has 0 heterocycles. The number of nitrogens with two attached hydrogens (primary N) is 1. The molecule has 0 aliphatic carbocycles. The predicted molar refractivity (Wildman–Crippen MR) is 89.7 cm³/mol. The summed E-state index contributed by atoms with van der Waals surface area (Å²) in [5.74, 6) is 0.373. The molecule has 106 valence electrons. The van der Waals surface area contributed by atoms with Crippen molar-refractivity contribution in [2.75, 3.05) is 5.43 Å². The van der Waals surface area contributed by atoms with Gasteiger partial charge in [-0.1, -0.05) is 41.9 Å². The third-order valence-corrected chi connectivity index (χ3v) is 2.74. The molecule has 21 heavy (non-hydrogen) atoms. The van der Waals surface area contributed by atoms with E-state index in [0.29, 0.717) is 10.9 Å². The first-order chi connectivity index (χ1) is 10.1. The van der Waals surface area contributed by atoms with Crippen molar-refractivity contribution in [3.63, 3.8) is 0 Å². The fourth-order valence-corrected chi connectivity index (χ4v) is 1.64. The Morgan fingerprint density at radius 2 is 1.67 bits per heavy atom. The topological polar surface area (TPSA) is 75.1 Å². The van der Waals surface area contributed by atoms with Crippen molar-refractivity contribution in [1.29, 1.82) is 0 Å². The highest BCUT2D eigenvalue weighted by molar-refractivity contribution is 7.80. The Morgan fingerprint density at radius 3 is 2.29 bits per heavy atom. The lowest BCUT2D eigenvalue weighted by molar-refractivity contribution is 1.25. The molecule has 7 heteroatoms. The van der Waals surface area contributed by atoms with Gasteiger partial charge in [0.25, 0.3) is 0 Å². The molecule has 0 saturated heterocycles. The highest BCUT2D eigenvalue weighted by Gasteiger charge is 2.02. The first-order valence-electron chi connectivity index (χ1n) is 6.01. The second-order valence-electron chi connectivity index (χ2n) is 3.96. The number of azo groups is 1. The second-order valence-corrected chi connectivity index (χ2v) is 4.81. The van der Waals surface area contributed by atoms with Gasteiger partial charge in [-0.15, -0.1) is 10.2 Å². The quantitative estimate of drug-likeness (QED) is 0.297. The van der Waals surface area contributed by atoms with Crippen molar-refractivity contribution in [3.05, 3.63) is 65.2 Å². The number of rotatable bonds is 3. The van der Waals surface area contributed by atoms with Crippen LogP contribution in [-0.2, 0) is 0 Å². The van der Waals surface area contributed by atoms with Crippen LogP contribution in [0.15, 0.2) is 69.9 Å². The summed E-state index contributed by atoms with van der Waals surface area (Å²) >= 11 is 10.5.